The van der Waals surface area contributed by atoms with E-state index in [4.69, 9.17) is 15.2 Å². The van der Waals surface area contributed by atoms with Crippen molar-refractivity contribution in [2.75, 3.05) is 19.5 Å². The van der Waals surface area contributed by atoms with Crippen LogP contribution in [0.3, 0.4) is 0 Å². The zero-order valence-corrected chi connectivity index (χ0v) is 11.3. The Balaban J connectivity index is 1.91. The average Bonchev–Trinajstić information content (AvgIpc) is 2.36. The first-order valence-corrected chi connectivity index (χ1v) is 6.74. The third kappa shape index (κ3) is 3.56. The molecule has 0 amide bonds. The Hall–Kier alpha value is -1.38. The minimum Gasteiger partial charge on any atom is -0.497 e. The van der Waals surface area contributed by atoms with Gasteiger partial charge in [0, 0.05) is 23.9 Å². The first-order chi connectivity index (χ1) is 8.67. The molecule has 1 fully saturated rings. The molecule has 1 aliphatic rings. The van der Waals surface area contributed by atoms with Crippen LogP contribution in [-0.2, 0) is 0 Å². The zero-order valence-electron chi connectivity index (χ0n) is 11.3. The van der Waals surface area contributed by atoms with Crippen LogP contribution in [0.15, 0.2) is 18.2 Å². The molecule has 18 heavy (non-hydrogen) atoms. The number of hydrogen-bond acceptors (Lipinski definition) is 3. The lowest BCUT2D eigenvalue weighted by Gasteiger charge is -2.26. The summed E-state index contributed by atoms with van der Waals surface area (Å²) in [6, 6.07) is 5.55. The van der Waals surface area contributed by atoms with E-state index >= 15 is 0 Å². The highest BCUT2D eigenvalue weighted by Crippen LogP contribution is 2.30. The van der Waals surface area contributed by atoms with Gasteiger partial charge in [0.2, 0.25) is 0 Å². The summed E-state index contributed by atoms with van der Waals surface area (Å²) in [6.45, 7) is 3.12. The molecule has 1 saturated carbocycles. The van der Waals surface area contributed by atoms with Gasteiger partial charge in [0.05, 0.1) is 13.7 Å². The van der Waals surface area contributed by atoms with E-state index in [0.29, 0.717) is 11.6 Å². The van der Waals surface area contributed by atoms with Gasteiger partial charge in [-0.05, 0) is 24.7 Å². The molecule has 100 valence electrons. The number of nitrogen functional groups attached to an aromatic ring is 1. The minimum absolute atomic E-state index is 0.682. The van der Waals surface area contributed by atoms with Crippen molar-refractivity contribution < 1.29 is 9.47 Å². The first-order valence-electron chi connectivity index (χ1n) is 6.74. The van der Waals surface area contributed by atoms with Crippen LogP contribution in [0, 0.1) is 11.8 Å². The summed E-state index contributed by atoms with van der Waals surface area (Å²) in [7, 11) is 1.64. The number of benzene rings is 1. The number of ether oxygens (including phenoxy) is 2. The normalized spacial score (nSPS) is 23.7. The van der Waals surface area contributed by atoms with Gasteiger partial charge in [-0.15, -0.1) is 0 Å². The summed E-state index contributed by atoms with van der Waals surface area (Å²) >= 11 is 0. The molecular formula is C15H23NO2. The topological polar surface area (TPSA) is 44.5 Å². The van der Waals surface area contributed by atoms with Crippen molar-refractivity contribution in [2.24, 2.45) is 11.8 Å². The van der Waals surface area contributed by atoms with Gasteiger partial charge >= 0.3 is 0 Å². The van der Waals surface area contributed by atoms with Crippen molar-refractivity contribution >= 4 is 5.69 Å². The Bertz CT molecular complexity index is 392. The maximum Gasteiger partial charge on any atom is 0.125 e. The molecule has 0 aromatic heterocycles. The third-order valence-corrected chi connectivity index (χ3v) is 3.67. The van der Waals surface area contributed by atoms with E-state index in [0.717, 1.165) is 24.0 Å². The highest BCUT2D eigenvalue weighted by molar-refractivity contribution is 5.50. The molecule has 3 nitrogen and oxygen atoms in total. The van der Waals surface area contributed by atoms with Crippen LogP contribution in [-0.4, -0.2) is 13.7 Å². The Morgan fingerprint density at radius 3 is 2.72 bits per heavy atom. The predicted octanol–water partition coefficient (Wildman–Crippen LogP) is 3.48. The average molecular weight is 249 g/mol. The second kappa shape index (κ2) is 5.98. The van der Waals surface area contributed by atoms with E-state index in [9.17, 15) is 0 Å². The van der Waals surface area contributed by atoms with Crippen LogP contribution < -0.4 is 15.2 Å². The Morgan fingerprint density at radius 1 is 1.22 bits per heavy atom. The molecule has 2 N–H and O–H groups in total. The lowest BCUT2D eigenvalue weighted by molar-refractivity contribution is 0.182. The molecule has 0 saturated heterocycles. The number of nitrogens with two attached hydrogens (primary N) is 1. The highest BCUT2D eigenvalue weighted by atomic mass is 16.5. The molecule has 0 aliphatic heterocycles. The van der Waals surface area contributed by atoms with Gasteiger partial charge in [0.15, 0.2) is 0 Å². The van der Waals surface area contributed by atoms with Gasteiger partial charge in [0.25, 0.3) is 0 Å². The van der Waals surface area contributed by atoms with E-state index in [1.807, 2.05) is 12.1 Å². The van der Waals surface area contributed by atoms with Crippen molar-refractivity contribution in [2.45, 2.75) is 32.6 Å². The van der Waals surface area contributed by atoms with Gasteiger partial charge in [-0.1, -0.05) is 19.8 Å². The van der Waals surface area contributed by atoms with Gasteiger partial charge in [-0.3, -0.25) is 0 Å². The van der Waals surface area contributed by atoms with Crippen LogP contribution >= 0.6 is 0 Å². The lowest BCUT2D eigenvalue weighted by Crippen LogP contribution is -2.19. The Labute approximate surface area is 109 Å². The Morgan fingerprint density at radius 2 is 2.00 bits per heavy atom. The molecule has 0 radical (unpaired) electrons. The van der Waals surface area contributed by atoms with Crippen molar-refractivity contribution in [3.05, 3.63) is 18.2 Å². The fraction of sp³-hybridized carbons (Fsp3) is 0.600. The minimum atomic E-state index is 0.682. The number of anilines is 1. The monoisotopic (exact) mass is 249 g/mol. The molecule has 0 heterocycles. The summed E-state index contributed by atoms with van der Waals surface area (Å²) in [5, 5.41) is 0. The fourth-order valence-corrected chi connectivity index (χ4v) is 2.72. The van der Waals surface area contributed by atoms with Crippen LogP contribution in [0.4, 0.5) is 5.69 Å². The summed E-state index contributed by atoms with van der Waals surface area (Å²) in [5.74, 6) is 3.08. The van der Waals surface area contributed by atoms with E-state index in [1.54, 1.807) is 13.2 Å². The van der Waals surface area contributed by atoms with E-state index in [2.05, 4.69) is 6.92 Å². The van der Waals surface area contributed by atoms with Gasteiger partial charge < -0.3 is 15.2 Å². The molecule has 1 aromatic carbocycles. The largest absolute Gasteiger partial charge is 0.497 e. The van der Waals surface area contributed by atoms with Crippen LogP contribution in [0.2, 0.25) is 0 Å². The summed E-state index contributed by atoms with van der Waals surface area (Å²) in [6.07, 6.45) is 5.25. The van der Waals surface area contributed by atoms with Gasteiger partial charge in [-0.25, -0.2) is 0 Å². The molecular weight excluding hydrogens is 226 g/mol. The molecule has 1 aromatic rings. The molecule has 0 bridgehead atoms. The second-order valence-electron chi connectivity index (χ2n) is 5.39. The fourth-order valence-electron chi connectivity index (χ4n) is 2.72. The molecule has 1 aliphatic carbocycles. The van der Waals surface area contributed by atoms with Crippen molar-refractivity contribution in [1.29, 1.82) is 0 Å². The van der Waals surface area contributed by atoms with Crippen LogP contribution in [0.25, 0.3) is 0 Å². The predicted molar refractivity (Wildman–Crippen MR) is 74.0 cm³/mol. The van der Waals surface area contributed by atoms with Crippen LogP contribution in [0.5, 0.6) is 11.5 Å². The third-order valence-electron chi connectivity index (χ3n) is 3.67. The SMILES string of the molecule is COc1cc(N)cc(OCC2CCCC(C)C2)c1. The summed E-state index contributed by atoms with van der Waals surface area (Å²) in [5.41, 5.74) is 6.49. The molecule has 2 atom stereocenters. The van der Waals surface area contributed by atoms with Crippen LogP contribution in [0.1, 0.15) is 32.6 Å². The van der Waals surface area contributed by atoms with E-state index in [-0.39, 0.29) is 0 Å². The molecule has 2 rings (SSSR count). The van der Waals surface area contributed by atoms with Gasteiger partial charge in [-0.2, -0.15) is 0 Å². The number of methoxy groups -OCH3 is 1. The van der Waals surface area contributed by atoms with Gasteiger partial charge in [0.1, 0.15) is 11.5 Å². The molecule has 2 unspecified atom stereocenters. The van der Waals surface area contributed by atoms with E-state index < -0.39 is 0 Å². The van der Waals surface area contributed by atoms with Crippen molar-refractivity contribution in [3.63, 3.8) is 0 Å². The maximum atomic E-state index is 5.86. The first kappa shape index (κ1) is 13.1. The quantitative estimate of drug-likeness (QED) is 0.831. The molecule has 0 spiro atoms. The summed E-state index contributed by atoms with van der Waals surface area (Å²) < 4.78 is 11.0. The zero-order chi connectivity index (χ0) is 13.0. The van der Waals surface area contributed by atoms with Crippen molar-refractivity contribution in [3.8, 4) is 11.5 Å². The maximum absolute atomic E-state index is 5.86. The smallest absolute Gasteiger partial charge is 0.125 e. The lowest BCUT2D eigenvalue weighted by atomic mass is 9.83. The standard InChI is InChI=1S/C15H23NO2/c1-11-4-3-5-12(6-11)10-18-15-8-13(16)7-14(9-15)17-2/h7-9,11-12H,3-6,10,16H2,1-2H3. The molecule has 3 heteroatoms. The van der Waals surface area contributed by atoms with Crippen molar-refractivity contribution in [1.82, 2.24) is 0 Å². The van der Waals surface area contributed by atoms with E-state index in [1.165, 1.54) is 25.7 Å². The summed E-state index contributed by atoms with van der Waals surface area (Å²) in [4.78, 5) is 0. The number of rotatable bonds is 4. The Kier molecular flexibility index (Phi) is 4.34. The second-order valence-corrected chi connectivity index (χ2v) is 5.39. The highest BCUT2D eigenvalue weighted by Gasteiger charge is 2.19. The number of hydrogen-bond donors (Lipinski definition) is 1.